The van der Waals surface area contributed by atoms with Gasteiger partial charge in [0.25, 0.3) is 0 Å². The van der Waals surface area contributed by atoms with E-state index in [1.54, 1.807) is 24.4 Å². The quantitative estimate of drug-likeness (QED) is 0.361. The second-order valence-corrected chi connectivity index (χ2v) is 9.63. The van der Waals surface area contributed by atoms with Gasteiger partial charge in [0.15, 0.2) is 10.2 Å². The smallest absolute Gasteiger partial charge is 0.389 e. The molecule has 3 heterocycles. The molecule has 2 N–H and O–H groups in total. The van der Waals surface area contributed by atoms with Gasteiger partial charge in [0.05, 0.1) is 23.2 Å². The Morgan fingerprint density at radius 1 is 1.38 bits per heavy atom. The number of carbonyl (C=O) groups excluding carboxylic acids is 1. The number of nitrogens with one attached hydrogen (secondary N) is 1. The molecule has 1 aliphatic heterocycles. The minimum atomic E-state index is -0.705. The molecule has 4 rings (SSSR count). The molecule has 2 aromatic heterocycles. The second kappa shape index (κ2) is 10.2. The fraction of sp³-hybridized carbons (Fsp3) is 0.333. The molecule has 0 spiro atoms. The molecule has 1 aromatic carbocycles. The zero-order valence-corrected chi connectivity index (χ0v) is 18.6. The number of aliphatic hydroxyl groups excluding tert-OH is 1. The number of nitrogens with zero attached hydrogens (tertiary/aromatic N) is 3. The Kier molecular flexibility index (Phi) is 7.18. The maximum Gasteiger partial charge on any atom is 0.439 e. The minimum Gasteiger partial charge on any atom is -0.389 e. The average Bonchev–Trinajstić information content (AvgIpc) is 3.50. The first-order chi connectivity index (χ1) is 15.5. The molecule has 168 valence electrons. The summed E-state index contributed by atoms with van der Waals surface area (Å²) in [5.41, 5.74) is 0.844. The van der Waals surface area contributed by atoms with Crippen molar-refractivity contribution >= 4 is 29.0 Å². The number of likely N-dealkylation sites (tertiary alicyclic amines) is 1. The van der Waals surface area contributed by atoms with Crippen molar-refractivity contribution in [1.29, 1.82) is 0 Å². The van der Waals surface area contributed by atoms with Crippen molar-refractivity contribution in [3.8, 4) is 10.7 Å². The van der Waals surface area contributed by atoms with Crippen LogP contribution in [-0.4, -0.2) is 55.5 Å². The van der Waals surface area contributed by atoms with Gasteiger partial charge in [-0.25, -0.2) is 14.2 Å². The van der Waals surface area contributed by atoms with Crippen molar-refractivity contribution in [3.05, 3.63) is 64.5 Å². The van der Waals surface area contributed by atoms with Crippen molar-refractivity contribution in [3.63, 3.8) is 0 Å². The van der Waals surface area contributed by atoms with Gasteiger partial charge in [0, 0.05) is 25.1 Å². The van der Waals surface area contributed by atoms with E-state index in [9.17, 15) is 19.1 Å². The summed E-state index contributed by atoms with van der Waals surface area (Å²) in [6, 6.07) is 5.99. The number of thioether (sulfide) groups is 1. The molecule has 32 heavy (non-hydrogen) atoms. The van der Waals surface area contributed by atoms with E-state index < -0.39 is 11.9 Å². The van der Waals surface area contributed by atoms with Crippen LogP contribution in [0.4, 0.5) is 4.39 Å². The van der Waals surface area contributed by atoms with Crippen LogP contribution in [0.25, 0.3) is 10.7 Å². The van der Waals surface area contributed by atoms with Crippen LogP contribution in [0.2, 0.25) is 0 Å². The van der Waals surface area contributed by atoms with Gasteiger partial charge in [-0.2, -0.15) is 0 Å². The van der Waals surface area contributed by atoms with Crippen LogP contribution in [0, 0.1) is 5.82 Å². The highest BCUT2D eigenvalue weighted by Gasteiger charge is 2.28. The molecule has 1 saturated heterocycles. The van der Waals surface area contributed by atoms with Gasteiger partial charge in [0.2, 0.25) is 5.91 Å². The first-order valence-corrected chi connectivity index (χ1v) is 11.8. The number of aromatic amines is 1. The number of hydrogen-bond acceptors (Lipinski definition) is 8. The number of H-pyrrole nitrogens is 1. The summed E-state index contributed by atoms with van der Waals surface area (Å²) in [6.45, 7) is 0.558. The molecular weight excluding hydrogens is 455 g/mol. The molecular formula is C21H21FN4O4S2. The summed E-state index contributed by atoms with van der Waals surface area (Å²) in [4.78, 5) is 32.7. The molecule has 3 aromatic rings. The summed E-state index contributed by atoms with van der Waals surface area (Å²) in [5, 5.41) is 13.9. The molecule has 2 atom stereocenters. The Morgan fingerprint density at radius 2 is 2.19 bits per heavy atom. The van der Waals surface area contributed by atoms with Crippen molar-refractivity contribution < 1.29 is 18.8 Å². The van der Waals surface area contributed by atoms with Gasteiger partial charge >= 0.3 is 5.76 Å². The van der Waals surface area contributed by atoms with Crippen LogP contribution in [0.1, 0.15) is 18.4 Å². The van der Waals surface area contributed by atoms with Gasteiger partial charge in [0.1, 0.15) is 5.82 Å². The Labute approximate surface area is 191 Å². The lowest BCUT2D eigenvalue weighted by atomic mass is 10.1. The molecule has 0 saturated carbocycles. The first kappa shape index (κ1) is 22.4. The summed E-state index contributed by atoms with van der Waals surface area (Å²) in [5.74, 6) is 0.179. The predicted molar refractivity (Wildman–Crippen MR) is 119 cm³/mol. The lowest BCUT2D eigenvalue weighted by Crippen LogP contribution is -2.33. The number of aliphatic hydroxyl groups is 1. The van der Waals surface area contributed by atoms with E-state index in [-0.39, 0.29) is 17.8 Å². The number of amides is 1. The molecule has 8 nitrogen and oxygen atoms in total. The third-order valence-electron chi connectivity index (χ3n) is 5.00. The van der Waals surface area contributed by atoms with Crippen LogP contribution in [0.3, 0.4) is 0 Å². The Morgan fingerprint density at radius 3 is 2.94 bits per heavy atom. The zero-order chi connectivity index (χ0) is 22.5. The molecule has 1 aliphatic rings. The largest absolute Gasteiger partial charge is 0.439 e. The molecule has 0 bridgehead atoms. The van der Waals surface area contributed by atoms with E-state index in [1.165, 1.54) is 35.2 Å². The minimum absolute atomic E-state index is 0.0574. The van der Waals surface area contributed by atoms with E-state index >= 15 is 0 Å². The highest BCUT2D eigenvalue weighted by molar-refractivity contribution is 8.01. The molecule has 1 amide bonds. The number of halogens is 1. The summed E-state index contributed by atoms with van der Waals surface area (Å²) >= 11 is 2.90. The Bertz CT molecular complexity index is 1140. The zero-order valence-electron chi connectivity index (χ0n) is 16.9. The molecule has 11 heteroatoms. The molecule has 0 aliphatic carbocycles. The number of hydrogen-bond donors (Lipinski definition) is 2. The highest BCUT2D eigenvalue weighted by atomic mass is 32.2. The topological polar surface area (TPSA) is 112 Å². The number of thiazole rings is 1. The maximum atomic E-state index is 13.0. The van der Waals surface area contributed by atoms with E-state index in [4.69, 9.17) is 0 Å². The fourth-order valence-electron chi connectivity index (χ4n) is 3.43. The van der Waals surface area contributed by atoms with Crippen molar-refractivity contribution in [2.45, 2.75) is 35.7 Å². The summed E-state index contributed by atoms with van der Waals surface area (Å²) in [7, 11) is 0. The lowest BCUT2D eigenvalue weighted by molar-refractivity contribution is -0.128. The molecule has 0 radical (unpaired) electrons. The van der Waals surface area contributed by atoms with E-state index in [0.717, 1.165) is 9.90 Å². The van der Waals surface area contributed by atoms with Crippen LogP contribution < -0.4 is 5.76 Å². The summed E-state index contributed by atoms with van der Waals surface area (Å²) < 4.78 is 18.3. The third-order valence-corrected chi connectivity index (χ3v) is 7.15. The van der Waals surface area contributed by atoms with Gasteiger partial charge in [-0.1, -0.05) is 41.2 Å². The van der Waals surface area contributed by atoms with Crippen molar-refractivity contribution in [2.75, 3.05) is 12.3 Å². The lowest BCUT2D eigenvalue weighted by Gasteiger charge is -2.22. The fourth-order valence-corrected chi connectivity index (χ4v) is 5.36. The number of carbonyl (C=O) groups is 1. The van der Waals surface area contributed by atoms with Crippen molar-refractivity contribution in [1.82, 2.24) is 20.0 Å². The van der Waals surface area contributed by atoms with Gasteiger partial charge in [-0.15, -0.1) is 11.3 Å². The van der Waals surface area contributed by atoms with Crippen LogP contribution >= 0.6 is 23.1 Å². The second-order valence-electron chi connectivity index (χ2n) is 7.26. The van der Waals surface area contributed by atoms with Gasteiger partial charge in [-0.3, -0.25) is 14.3 Å². The van der Waals surface area contributed by atoms with Crippen molar-refractivity contribution in [2.24, 2.45) is 0 Å². The Balaban J connectivity index is 1.28. The maximum absolute atomic E-state index is 13.0. The predicted octanol–water partition coefficient (Wildman–Crippen LogP) is 2.87. The normalized spacial score (nSPS) is 17.5. The van der Waals surface area contributed by atoms with E-state index in [1.807, 2.05) is 11.0 Å². The van der Waals surface area contributed by atoms with Crippen LogP contribution in [-0.2, 0) is 11.2 Å². The standard InChI is InChI=1S/C21H21FN4O4S2/c22-14-3-1-13(2-4-14)11-16(27)7-5-15-6-8-18(28)26(15)9-10-31-21-23-12-17(32-21)19-24-20(29)30-25-19/h1-5,7,12,15-16,27H,6,8-11H2,(H,24,25,29)/t15-,16+/m0/s1. The van der Waals surface area contributed by atoms with Crippen LogP contribution in [0.15, 0.2) is 56.3 Å². The van der Waals surface area contributed by atoms with Gasteiger partial charge < -0.3 is 10.0 Å². The average molecular weight is 477 g/mol. The summed E-state index contributed by atoms with van der Waals surface area (Å²) in [6.07, 6.45) is 6.08. The Hall–Kier alpha value is -2.76. The van der Waals surface area contributed by atoms with Crippen LogP contribution in [0.5, 0.6) is 0 Å². The monoisotopic (exact) mass is 476 g/mol. The third kappa shape index (κ3) is 5.72. The SMILES string of the molecule is O=C1CC[C@H](C=C[C@@H](O)Cc2ccc(F)cc2)N1CCSc1ncc(-c2noc(=O)[nH]2)s1. The number of aromatic nitrogens is 3. The number of rotatable bonds is 9. The van der Waals surface area contributed by atoms with E-state index in [2.05, 4.69) is 19.6 Å². The number of benzene rings is 1. The first-order valence-electron chi connectivity index (χ1n) is 10.0. The van der Waals surface area contributed by atoms with E-state index in [0.29, 0.717) is 42.3 Å². The molecule has 1 fully saturated rings. The molecule has 0 unspecified atom stereocenters. The highest BCUT2D eigenvalue weighted by Crippen LogP contribution is 2.30. The van der Waals surface area contributed by atoms with Gasteiger partial charge in [-0.05, 0) is 24.1 Å².